The fourth-order valence-corrected chi connectivity index (χ4v) is 5.94. The zero-order valence-corrected chi connectivity index (χ0v) is 26.0. The summed E-state index contributed by atoms with van der Waals surface area (Å²) < 4.78 is 26.4. The summed E-state index contributed by atoms with van der Waals surface area (Å²) in [6.45, 7) is -0.329. The Balaban J connectivity index is 1.41. The maximum absolute atomic E-state index is 13.5. The normalized spacial score (nSPS) is 18.8. The van der Waals surface area contributed by atoms with Gasteiger partial charge < -0.3 is 23.5 Å². The second-order valence-electron chi connectivity index (χ2n) is 10.1. The van der Waals surface area contributed by atoms with Crippen LogP contribution in [0.1, 0.15) is 37.3 Å². The first-order chi connectivity index (χ1) is 22.4. The zero-order valence-electron chi connectivity index (χ0n) is 23.9. The van der Waals surface area contributed by atoms with Crippen LogP contribution in [0.2, 0.25) is 0 Å². The fourth-order valence-electron chi connectivity index (χ4n) is 5.12. The smallest absolute Gasteiger partial charge is 0.338 e. The standard InChI is InChI=1S/C33H24IN5O7/c34-23-18-39(29-26(23)24(37-38-35)16-17-36-29)30-28(46-33(42)22-14-8-3-9-15-22)27(45-32(41)21-12-6-2-7-13-21)25(44-30)19-43-31(40)20-10-4-1-5-11-20/h1-18,25,27-28,30H,19H2/t25-,27-,28-,30-/m1/s1. The molecule has 1 aliphatic rings. The average Bonchev–Trinajstić information content (AvgIpc) is 3.61. The van der Waals surface area contributed by atoms with E-state index in [0.29, 0.717) is 25.9 Å². The number of pyridine rings is 1. The lowest BCUT2D eigenvalue weighted by atomic mass is 10.1. The van der Waals surface area contributed by atoms with E-state index in [-0.39, 0.29) is 17.7 Å². The minimum absolute atomic E-state index is 0.265. The molecule has 1 fully saturated rings. The van der Waals surface area contributed by atoms with Gasteiger partial charge >= 0.3 is 17.9 Å². The van der Waals surface area contributed by atoms with Crippen LogP contribution in [0.3, 0.4) is 0 Å². The third-order valence-corrected chi connectivity index (χ3v) is 8.07. The van der Waals surface area contributed by atoms with Gasteiger partial charge in [-0.05, 0) is 70.6 Å². The first kappa shape index (κ1) is 30.8. The van der Waals surface area contributed by atoms with Crippen molar-refractivity contribution in [1.29, 1.82) is 0 Å². The Hall–Kier alpha value is -5.24. The molecule has 0 N–H and O–H groups in total. The first-order valence-corrected chi connectivity index (χ1v) is 15.1. The number of fused-ring (bicyclic) bond motifs is 1. The molecule has 4 atom stereocenters. The van der Waals surface area contributed by atoms with Crippen LogP contribution in [-0.4, -0.2) is 52.4 Å². The molecule has 12 nitrogen and oxygen atoms in total. The zero-order chi connectivity index (χ0) is 32.0. The lowest BCUT2D eigenvalue weighted by Gasteiger charge is -2.25. The van der Waals surface area contributed by atoms with E-state index in [2.05, 4.69) is 37.6 Å². The van der Waals surface area contributed by atoms with Gasteiger partial charge in [-0.3, -0.25) is 0 Å². The Bertz CT molecular complexity index is 1930. The van der Waals surface area contributed by atoms with Crippen molar-refractivity contribution in [2.24, 2.45) is 5.11 Å². The van der Waals surface area contributed by atoms with E-state index in [1.807, 2.05) is 0 Å². The molecule has 3 aromatic carbocycles. The molecule has 1 aliphatic heterocycles. The summed E-state index contributed by atoms with van der Waals surface area (Å²) in [7, 11) is 0. The summed E-state index contributed by atoms with van der Waals surface area (Å²) in [6.07, 6.45) is -1.42. The topological polar surface area (TPSA) is 155 Å². The molecule has 0 radical (unpaired) electrons. The maximum Gasteiger partial charge on any atom is 0.338 e. The number of carbonyl (C=O) groups excluding carboxylic acids is 3. The Morgan fingerprint density at radius 3 is 1.93 bits per heavy atom. The number of aromatic nitrogens is 2. The Kier molecular flexibility index (Phi) is 9.24. The van der Waals surface area contributed by atoms with Gasteiger partial charge in [-0.15, -0.1) is 0 Å². The van der Waals surface area contributed by atoms with Gasteiger partial charge in [0.2, 0.25) is 0 Å². The molecular weight excluding hydrogens is 705 g/mol. The maximum atomic E-state index is 13.5. The summed E-state index contributed by atoms with van der Waals surface area (Å²) in [4.78, 5) is 47.2. The van der Waals surface area contributed by atoms with Crippen LogP contribution in [0.15, 0.2) is 115 Å². The number of halogens is 1. The van der Waals surface area contributed by atoms with Crippen molar-refractivity contribution in [2.75, 3.05) is 6.61 Å². The molecule has 6 rings (SSSR count). The van der Waals surface area contributed by atoms with Gasteiger partial charge in [0.25, 0.3) is 0 Å². The summed E-state index contributed by atoms with van der Waals surface area (Å²) >= 11 is 2.08. The van der Waals surface area contributed by atoms with Gasteiger partial charge in [-0.2, -0.15) is 0 Å². The number of benzene rings is 3. The molecule has 0 saturated carbocycles. The lowest BCUT2D eigenvalue weighted by molar-refractivity contribution is -0.0604. The van der Waals surface area contributed by atoms with E-state index >= 15 is 0 Å². The number of rotatable bonds is 9. The van der Waals surface area contributed by atoms with E-state index in [4.69, 9.17) is 24.5 Å². The van der Waals surface area contributed by atoms with Gasteiger partial charge in [0.05, 0.1) is 22.4 Å². The van der Waals surface area contributed by atoms with Crippen LogP contribution in [0, 0.1) is 3.57 Å². The van der Waals surface area contributed by atoms with Gasteiger partial charge in [0, 0.05) is 26.3 Å². The molecule has 5 aromatic rings. The molecule has 0 aliphatic carbocycles. The number of ether oxygens (including phenoxy) is 4. The Labute approximate surface area is 275 Å². The van der Waals surface area contributed by atoms with Crippen LogP contribution < -0.4 is 0 Å². The summed E-state index contributed by atoms with van der Waals surface area (Å²) in [5.74, 6) is -1.98. The average molecular weight is 729 g/mol. The van der Waals surface area contributed by atoms with Crippen molar-refractivity contribution in [3.05, 3.63) is 140 Å². The molecule has 0 amide bonds. The van der Waals surface area contributed by atoms with Crippen LogP contribution in [0.25, 0.3) is 21.5 Å². The number of hydrogen-bond acceptors (Lipinski definition) is 9. The molecule has 3 heterocycles. The highest BCUT2D eigenvalue weighted by atomic mass is 127. The molecule has 1 saturated heterocycles. The van der Waals surface area contributed by atoms with Crippen molar-refractivity contribution >= 4 is 57.2 Å². The van der Waals surface area contributed by atoms with Crippen LogP contribution in [-0.2, 0) is 18.9 Å². The Morgan fingerprint density at radius 1 is 0.826 bits per heavy atom. The highest BCUT2D eigenvalue weighted by Crippen LogP contribution is 2.40. The molecule has 46 heavy (non-hydrogen) atoms. The number of azide groups is 1. The van der Waals surface area contributed by atoms with Crippen LogP contribution in [0.4, 0.5) is 5.69 Å². The number of esters is 3. The number of nitrogens with zero attached hydrogens (tertiary/aromatic N) is 5. The van der Waals surface area contributed by atoms with Crippen molar-refractivity contribution < 1.29 is 33.3 Å². The SMILES string of the molecule is [N-]=[N+]=Nc1ccnc2c1c(I)cn2[C@@H]1O[C@H](COC(=O)c2ccccc2)[C@@H](OC(=O)c2ccccc2)[C@H]1OC(=O)c1ccccc1. The highest BCUT2D eigenvalue weighted by molar-refractivity contribution is 14.1. The molecule has 0 unspecified atom stereocenters. The molecule has 13 heteroatoms. The van der Waals surface area contributed by atoms with E-state index < -0.39 is 42.4 Å². The van der Waals surface area contributed by atoms with Crippen molar-refractivity contribution in [2.45, 2.75) is 24.5 Å². The number of hydrogen-bond donors (Lipinski definition) is 0. The molecular formula is C33H24IN5O7. The van der Waals surface area contributed by atoms with E-state index in [1.54, 1.807) is 108 Å². The second-order valence-corrected chi connectivity index (χ2v) is 11.3. The molecule has 0 spiro atoms. The Morgan fingerprint density at radius 2 is 1.37 bits per heavy atom. The van der Waals surface area contributed by atoms with Crippen molar-refractivity contribution in [3.63, 3.8) is 0 Å². The van der Waals surface area contributed by atoms with Gasteiger partial charge in [0.1, 0.15) is 18.4 Å². The predicted octanol–water partition coefficient (Wildman–Crippen LogP) is 6.79. The molecule has 230 valence electrons. The summed E-state index contributed by atoms with van der Waals surface area (Å²) in [5, 5.41) is 4.34. The van der Waals surface area contributed by atoms with E-state index in [0.717, 1.165) is 0 Å². The van der Waals surface area contributed by atoms with Crippen molar-refractivity contribution in [3.8, 4) is 0 Å². The third kappa shape index (κ3) is 6.42. The largest absolute Gasteiger partial charge is 0.459 e. The van der Waals surface area contributed by atoms with Gasteiger partial charge in [-0.1, -0.05) is 59.7 Å². The van der Waals surface area contributed by atoms with Crippen LogP contribution >= 0.6 is 22.6 Å². The lowest BCUT2D eigenvalue weighted by Crippen LogP contribution is -2.41. The van der Waals surface area contributed by atoms with Crippen molar-refractivity contribution in [1.82, 2.24) is 9.55 Å². The summed E-state index contributed by atoms with van der Waals surface area (Å²) in [5.41, 5.74) is 10.7. The molecule has 0 bridgehead atoms. The highest BCUT2D eigenvalue weighted by Gasteiger charge is 2.51. The monoisotopic (exact) mass is 729 g/mol. The second kappa shape index (κ2) is 13.8. The minimum atomic E-state index is -1.22. The fraction of sp³-hybridized carbons (Fsp3) is 0.152. The van der Waals surface area contributed by atoms with E-state index in [9.17, 15) is 14.4 Å². The van der Waals surface area contributed by atoms with E-state index in [1.165, 1.54) is 6.20 Å². The summed E-state index contributed by atoms with van der Waals surface area (Å²) in [6, 6.07) is 26.7. The van der Waals surface area contributed by atoms with Gasteiger partial charge in [0.15, 0.2) is 18.4 Å². The first-order valence-electron chi connectivity index (χ1n) is 14.0. The quantitative estimate of drug-likeness (QED) is 0.0401. The third-order valence-electron chi connectivity index (χ3n) is 7.25. The minimum Gasteiger partial charge on any atom is -0.459 e. The predicted molar refractivity (Wildman–Crippen MR) is 173 cm³/mol. The molecule has 2 aromatic heterocycles. The number of carbonyl (C=O) groups is 3. The van der Waals surface area contributed by atoms with Crippen LogP contribution in [0.5, 0.6) is 0 Å². The van der Waals surface area contributed by atoms with Gasteiger partial charge in [-0.25, -0.2) is 19.4 Å².